The average Bonchev–Trinajstić information content (AvgIpc) is 3.11. The van der Waals surface area contributed by atoms with Crippen molar-refractivity contribution >= 4 is 47.7 Å². The molecule has 0 fully saturated rings. The molecule has 4 aromatic rings. The van der Waals surface area contributed by atoms with Gasteiger partial charge in [0.25, 0.3) is 10.0 Å². The number of fused-ring (bicyclic) bond motifs is 2. The second-order valence-electron chi connectivity index (χ2n) is 4.98. The van der Waals surface area contributed by atoms with Gasteiger partial charge in [-0.2, -0.15) is 0 Å². The first kappa shape index (κ1) is 14.1. The molecule has 0 spiro atoms. The van der Waals surface area contributed by atoms with E-state index in [1.54, 1.807) is 12.1 Å². The van der Waals surface area contributed by atoms with Gasteiger partial charge >= 0.3 is 0 Å². The first-order chi connectivity index (χ1) is 11.0. The second kappa shape index (κ2) is 5.00. The van der Waals surface area contributed by atoms with E-state index >= 15 is 0 Å². The van der Waals surface area contributed by atoms with Crippen molar-refractivity contribution in [3.63, 3.8) is 0 Å². The molecule has 0 amide bonds. The minimum atomic E-state index is -3.83. The van der Waals surface area contributed by atoms with Crippen LogP contribution in [-0.4, -0.2) is 23.7 Å². The number of benzene rings is 2. The van der Waals surface area contributed by atoms with Crippen LogP contribution in [0.5, 0.6) is 0 Å². The molecule has 0 saturated heterocycles. The molecule has 0 aliphatic rings. The van der Waals surface area contributed by atoms with E-state index in [9.17, 15) is 8.42 Å². The van der Waals surface area contributed by atoms with Gasteiger partial charge in [-0.25, -0.2) is 18.0 Å². The van der Waals surface area contributed by atoms with E-state index in [2.05, 4.69) is 24.6 Å². The van der Waals surface area contributed by atoms with E-state index in [1.807, 2.05) is 25.1 Å². The molecule has 0 saturated carbocycles. The van der Waals surface area contributed by atoms with Gasteiger partial charge in [0, 0.05) is 0 Å². The topological polar surface area (TPSA) is 98.0 Å². The summed E-state index contributed by atoms with van der Waals surface area (Å²) in [6.45, 7) is 1.97. The molecule has 4 rings (SSSR count). The molecule has 9 heteroatoms. The summed E-state index contributed by atoms with van der Waals surface area (Å²) in [5.41, 5.74) is 2.42. The Hall–Kier alpha value is -2.52. The van der Waals surface area contributed by atoms with Crippen molar-refractivity contribution in [2.75, 3.05) is 4.72 Å². The standard InChI is InChI=1S/C14H10N4O3S2/c1-8-5-6-9-11(7-8)22-14(15-9)18-23(19,20)12-4-2-3-10-13(12)17-21-16-10/h2-7H,1H3,(H,15,18). The molecule has 7 nitrogen and oxygen atoms in total. The van der Waals surface area contributed by atoms with E-state index in [1.165, 1.54) is 17.4 Å². The third kappa shape index (κ3) is 2.43. The number of aromatic nitrogens is 3. The summed E-state index contributed by atoms with van der Waals surface area (Å²) < 4.78 is 33.2. The molecule has 116 valence electrons. The first-order valence-electron chi connectivity index (χ1n) is 6.64. The number of nitrogens with zero attached hydrogens (tertiary/aromatic N) is 3. The minimum absolute atomic E-state index is 0.00619. The van der Waals surface area contributed by atoms with Crippen LogP contribution >= 0.6 is 11.3 Å². The van der Waals surface area contributed by atoms with Gasteiger partial charge in [0.2, 0.25) is 0 Å². The highest BCUT2D eigenvalue weighted by Gasteiger charge is 2.21. The van der Waals surface area contributed by atoms with Crippen LogP contribution in [0, 0.1) is 6.92 Å². The zero-order valence-electron chi connectivity index (χ0n) is 11.8. The van der Waals surface area contributed by atoms with Gasteiger partial charge in [-0.15, -0.1) is 0 Å². The van der Waals surface area contributed by atoms with Crippen LogP contribution in [0.4, 0.5) is 5.13 Å². The maximum absolute atomic E-state index is 12.6. The molecule has 2 heterocycles. The molecule has 1 N–H and O–H groups in total. The fraction of sp³-hybridized carbons (Fsp3) is 0.0714. The van der Waals surface area contributed by atoms with E-state index in [0.717, 1.165) is 15.8 Å². The smallest absolute Gasteiger partial charge is 0.255 e. The quantitative estimate of drug-likeness (QED) is 0.612. The predicted octanol–water partition coefficient (Wildman–Crippen LogP) is 2.94. The van der Waals surface area contributed by atoms with Gasteiger partial charge in [-0.3, -0.25) is 4.72 Å². The van der Waals surface area contributed by atoms with Gasteiger partial charge in [-0.1, -0.05) is 23.5 Å². The summed E-state index contributed by atoms with van der Waals surface area (Å²) in [6.07, 6.45) is 0. The van der Waals surface area contributed by atoms with Crippen molar-refractivity contribution < 1.29 is 13.0 Å². The Morgan fingerprint density at radius 1 is 1.13 bits per heavy atom. The number of thiazole rings is 1. The van der Waals surface area contributed by atoms with E-state index in [-0.39, 0.29) is 10.4 Å². The molecule has 0 aliphatic heterocycles. The molecule has 0 radical (unpaired) electrons. The van der Waals surface area contributed by atoms with E-state index < -0.39 is 10.0 Å². The summed E-state index contributed by atoms with van der Waals surface area (Å²) in [5, 5.41) is 7.62. The highest BCUT2D eigenvalue weighted by Crippen LogP contribution is 2.29. The largest absolute Gasteiger partial charge is 0.266 e. The number of hydrogen-bond donors (Lipinski definition) is 1. The number of hydrogen-bond acceptors (Lipinski definition) is 7. The van der Waals surface area contributed by atoms with Crippen molar-refractivity contribution in [2.45, 2.75) is 11.8 Å². The SMILES string of the molecule is Cc1ccc2nc(NS(=O)(=O)c3cccc4nonc34)sc2c1. The van der Waals surface area contributed by atoms with Crippen LogP contribution in [0.3, 0.4) is 0 Å². The predicted molar refractivity (Wildman–Crippen MR) is 87.0 cm³/mol. The summed E-state index contributed by atoms with van der Waals surface area (Å²) >= 11 is 1.28. The minimum Gasteiger partial charge on any atom is -0.255 e. The number of sulfonamides is 1. The van der Waals surface area contributed by atoms with E-state index in [0.29, 0.717) is 10.6 Å². The Morgan fingerprint density at radius 3 is 2.87 bits per heavy atom. The highest BCUT2D eigenvalue weighted by molar-refractivity contribution is 7.93. The zero-order chi connectivity index (χ0) is 16.0. The van der Waals surface area contributed by atoms with Crippen molar-refractivity contribution in [1.29, 1.82) is 0 Å². The van der Waals surface area contributed by atoms with Gasteiger partial charge in [0.15, 0.2) is 10.6 Å². The lowest BCUT2D eigenvalue weighted by molar-refractivity contribution is 0.315. The molecule has 2 aromatic heterocycles. The number of rotatable bonds is 3. The van der Waals surface area contributed by atoms with Crippen LogP contribution < -0.4 is 4.72 Å². The fourth-order valence-corrected chi connectivity index (χ4v) is 4.59. The molecule has 2 aromatic carbocycles. The highest BCUT2D eigenvalue weighted by atomic mass is 32.2. The Kier molecular flexibility index (Phi) is 3.06. The average molecular weight is 346 g/mol. The van der Waals surface area contributed by atoms with Crippen molar-refractivity contribution in [3.8, 4) is 0 Å². The van der Waals surface area contributed by atoms with Crippen molar-refractivity contribution in [2.24, 2.45) is 0 Å². The Bertz CT molecular complexity index is 1130. The van der Waals surface area contributed by atoms with E-state index in [4.69, 9.17) is 0 Å². The lowest BCUT2D eigenvalue weighted by Crippen LogP contribution is -2.13. The summed E-state index contributed by atoms with van der Waals surface area (Å²) in [6, 6.07) is 10.4. The number of aryl methyl sites for hydroxylation is 1. The molecule has 0 bridgehead atoms. The van der Waals surface area contributed by atoms with Crippen LogP contribution in [-0.2, 0) is 10.0 Å². The van der Waals surface area contributed by atoms with Crippen molar-refractivity contribution in [3.05, 3.63) is 42.0 Å². The van der Waals surface area contributed by atoms with Gasteiger partial charge in [0.05, 0.1) is 10.2 Å². The molecule has 0 unspecified atom stereocenters. The second-order valence-corrected chi connectivity index (χ2v) is 7.67. The molecule has 0 atom stereocenters. The summed E-state index contributed by atoms with van der Waals surface area (Å²) in [5.74, 6) is 0. The first-order valence-corrected chi connectivity index (χ1v) is 8.94. The van der Waals surface area contributed by atoms with Gasteiger partial charge in [-0.05, 0) is 47.1 Å². The van der Waals surface area contributed by atoms with Gasteiger partial charge < -0.3 is 0 Å². The third-order valence-electron chi connectivity index (χ3n) is 3.30. The maximum Gasteiger partial charge on any atom is 0.266 e. The number of anilines is 1. The Morgan fingerprint density at radius 2 is 2.00 bits per heavy atom. The maximum atomic E-state index is 12.6. The molecule has 0 aliphatic carbocycles. The Balaban J connectivity index is 1.78. The fourth-order valence-electron chi connectivity index (χ4n) is 2.24. The summed E-state index contributed by atoms with van der Waals surface area (Å²) in [4.78, 5) is 4.31. The lowest BCUT2D eigenvalue weighted by atomic mass is 10.2. The molecular weight excluding hydrogens is 336 g/mol. The molecule has 23 heavy (non-hydrogen) atoms. The van der Waals surface area contributed by atoms with Crippen LogP contribution in [0.15, 0.2) is 45.9 Å². The van der Waals surface area contributed by atoms with Crippen molar-refractivity contribution in [1.82, 2.24) is 15.3 Å². The zero-order valence-corrected chi connectivity index (χ0v) is 13.5. The molecular formula is C14H10N4O3S2. The van der Waals surface area contributed by atoms with Crippen LogP contribution in [0.2, 0.25) is 0 Å². The van der Waals surface area contributed by atoms with Crippen LogP contribution in [0.25, 0.3) is 21.3 Å². The normalized spacial score (nSPS) is 12.0. The monoisotopic (exact) mass is 346 g/mol. The number of nitrogens with one attached hydrogen (secondary N) is 1. The summed E-state index contributed by atoms with van der Waals surface area (Å²) in [7, 11) is -3.83. The van der Waals surface area contributed by atoms with Gasteiger partial charge in [0.1, 0.15) is 10.4 Å². The van der Waals surface area contributed by atoms with Crippen LogP contribution in [0.1, 0.15) is 5.56 Å². The Labute approximate surface area is 135 Å². The lowest BCUT2D eigenvalue weighted by Gasteiger charge is -2.04. The third-order valence-corrected chi connectivity index (χ3v) is 5.74.